The third kappa shape index (κ3) is 5.49. The number of para-hydroxylation sites is 2. The number of thiocarbonyl (C=S) groups is 1. The Balaban J connectivity index is 1.74. The van der Waals surface area contributed by atoms with Crippen molar-refractivity contribution in [3.05, 3.63) is 83.9 Å². The van der Waals surface area contributed by atoms with Gasteiger partial charge in [0, 0.05) is 12.2 Å². The van der Waals surface area contributed by atoms with Gasteiger partial charge < -0.3 is 15.4 Å². The molecule has 0 saturated carbocycles. The maximum absolute atomic E-state index is 13.0. The van der Waals surface area contributed by atoms with Crippen molar-refractivity contribution in [2.75, 3.05) is 17.1 Å². The van der Waals surface area contributed by atoms with Crippen LogP contribution < -0.4 is 20.1 Å². The second kappa shape index (κ2) is 9.60. The summed E-state index contributed by atoms with van der Waals surface area (Å²) in [7, 11) is -2.33. The van der Waals surface area contributed by atoms with Gasteiger partial charge in [0.2, 0.25) is 0 Å². The molecular formula is C22H23N3O3S2. The van der Waals surface area contributed by atoms with E-state index in [1.54, 1.807) is 49.4 Å². The van der Waals surface area contributed by atoms with Crippen LogP contribution in [-0.2, 0) is 16.6 Å². The Morgan fingerprint density at radius 1 is 1.00 bits per heavy atom. The van der Waals surface area contributed by atoms with Crippen molar-refractivity contribution in [3.8, 4) is 5.75 Å². The quantitative estimate of drug-likeness (QED) is 0.475. The summed E-state index contributed by atoms with van der Waals surface area (Å²) in [5.41, 5.74) is 2.66. The third-order valence-electron chi connectivity index (χ3n) is 4.38. The molecule has 0 radical (unpaired) electrons. The van der Waals surface area contributed by atoms with Crippen molar-refractivity contribution in [2.45, 2.75) is 18.4 Å². The zero-order valence-electron chi connectivity index (χ0n) is 16.7. The summed E-state index contributed by atoms with van der Waals surface area (Å²) in [5.74, 6) is 0.444. The summed E-state index contributed by atoms with van der Waals surface area (Å²) in [4.78, 5) is 0.157. The fraction of sp³-hybridized carbons (Fsp3) is 0.136. The zero-order valence-corrected chi connectivity index (χ0v) is 18.3. The highest BCUT2D eigenvalue weighted by atomic mass is 32.2. The average Bonchev–Trinajstić information content (AvgIpc) is 2.74. The van der Waals surface area contributed by atoms with Crippen LogP contribution in [0.2, 0.25) is 0 Å². The van der Waals surface area contributed by atoms with E-state index in [4.69, 9.17) is 17.0 Å². The molecule has 0 fully saturated rings. The Bertz CT molecular complexity index is 1130. The van der Waals surface area contributed by atoms with Crippen molar-refractivity contribution in [1.82, 2.24) is 5.32 Å². The maximum atomic E-state index is 13.0. The van der Waals surface area contributed by atoms with Gasteiger partial charge in [-0.25, -0.2) is 8.42 Å². The molecule has 0 bridgehead atoms. The summed E-state index contributed by atoms with van der Waals surface area (Å²) in [6, 6.07) is 21.8. The topological polar surface area (TPSA) is 79.5 Å². The van der Waals surface area contributed by atoms with Crippen LogP contribution >= 0.6 is 12.2 Å². The Morgan fingerprint density at radius 2 is 1.70 bits per heavy atom. The van der Waals surface area contributed by atoms with Crippen molar-refractivity contribution >= 4 is 38.7 Å². The van der Waals surface area contributed by atoms with Gasteiger partial charge in [0.1, 0.15) is 5.75 Å². The number of benzene rings is 3. The largest absolute Gasteiger partial charge is 0.495 e. The Kier molecular flexibility index (Phi) is 6.91. The van der Waals surface area contributed by atoms with Crippen LogP contribution in [0.1, 0.15) is 11.1 Å². The van der Waals surface area contributed by atoms with E-state index in [1.807, 2.05) is 30.3 Å². The monoisotopic (exact) mass is 441 g/mol. The maximum Gasteiger partial charge on any atom is 0.262 e. The molecule has 3 rings (SSSR count). The minimum absolute atomic E-state index is 0.157. The predicted molar refractivity (Wildman–Crippen MR) is 124 cm³/mol. The van der Waals surface area contributed by atoms with Gasteiger partial charge >= 0.3 is 0 Å². The fourth-order valence-electron chi connectivity index (χ4n) is 2.85. The lowest BCUT2D eigenvalue weighted by Gasteiger charge is -2.15. The highest BCUT2D eigenvalue weighted by Gasteiger charge is 2.19. The number of rotatable bonds is 7. The molecule has 3 N–H and O–H groups in total. The highest BCUT2D eigenvalue weighted by Crippen LogP contribution is 2.28. The van der Waals surface area contributed by atoms with Gasteiger partial charge in [-0.1, -0.05) is 48.5 Å². The molecule has 3 aromatic carbocycles. The second-order valence-corrected chi connectivity index (χ2v) is 8.64. The van der Waals surface area contributed by atoms with Crippen LogP contribution in [0.15, 0.2) is 77.7 Å². The average molecular weight is 442 g/mol. The molecule has 0 unspecified atom stereocenters. The van der Waals surface area contributed by atoms with Gasteiger partial charge in [-0.05, 0) is 54.5 Å². The predicted octanol–water partition coefficient (Wildman–Crippen LogP) is 4.29. The van der Waals surface area contributed by atoms with Crippen molar-refractivity contribution in [3.63, 3.8) is 0 Å². The van der Waals surface area contributed by atoms with E-state index >= 15 is 0 Å². The molecule has 0 amide bonds. The number of anilines is 2. The molecule has 30 heavy (non-hydrogen) atoms. The van der Waals surface area contributed by atoms with Crippen LogP contribution in [0, 0.1) is 6.92 Å². The van der Waals surface area contributed by atoms with Crippen LogP contribution in [-0.4, -0.2) is 20.6 Å². The number of hydrogen-bond donors (Lipinski definition) is 3. The van der Waals surface area contributed by atoms with E-state index in [9.17, 15) is 8.42 Å². The minimum atomic E-state index is -3.82. The third-order valence-corrected chi connectivity index (χ3v) is 6.14. The first-order chi connectivity index (χ1) is 14.4. The van der Waals surface area contributed by atoms with E-state index in [0.717, 1.165) is 5.56 Å². The standard InChI is InChI=1S/C22H23N3O3S2/c1-16-12-13-18(24-22(29)23-15-17-8-4-3-5-9-17)14-21(16)30(26,27)25-19-10-6-7-11-20(19)28-2/h3-14,25H,15H2,1-2H3,(H2,23,24,29). The minimum Gasteiger partial charge on any atom is -0.495 e. The van der Waals surface area contributed by atoms with Gasteiger partial charge in [0.15, 0.2) is 5.11 Å². The lowest BCUT2D eigenvalue weighted by Crippen LogP contribution is -2.28. The second-order valence-electron chi connectivity index (χ2n) is 6.58. The van der Waals surface area contributed by atoms with Crippen LogP contribution in [0.4, 0.5) is 11.4 Å². The number of ether oxygens (including phenoxy) is 1. The Hall–Kier alpha value is -3.10. The van der Waals surface area contributed by atoms with E-state index in [-0.39, 0.29) is 4.90 Å². The molecule has 0 aliphatic rings. The number of nitrogens with one attached hydrogen (secondary N) is 3. The summed E-state index contributed by atoms with van der Waals surface area (Å²) >= 11 is 5.34. The van der Waals surface area contributed by atoms with Crippen LogP contribution in [0.5, 0.6) is 5.75 Å². The first-order valence-corrected chi connectivity index (χ1v) is 11.1. The summed E-state index contributed by atoms with van der Waals surface area (Å²) < 4.78 is 33.8. The lowest BCUT2D eigenvalue weighted by molar-refractivity contribution is 0.417. The first-order valence-electron chi connectivity index (χ1n) is 9.24. The van der Waals surface area contributed by atoms with E-state index in [1.165, 1.54) is 7.11 Å². The SMILES string of the molecule is COc1ccccc1NS(=O)(=O)c1cc(NC(=S)NCc2ccccc2)ccc1C. The zero-order chi connectivity index (χ0) is 21.6. The van der Waals surface area contributed by atoms with Crippen LogP contribution in [0.3, 0.4) is 0 Å². The molecule has 0 saturated heterocycles. The van der Waals surface area contributed by atoms with Gasteiger partial charge in [-0.3, -0.25) is 4.72 Å². The molecule has 0 spiro atoms. The molecule has 0 heterocycles. The fourth-order valence-corrected chi connectivity index (χ4v) is 4.38. The first kappa shape index (κ1) is 21.6. The van der Waals surface area contributed by atoms with Crippen molar-refractivity contribution < 1.29 is 13.2 Å². The normalized spacial score (nSPS) is 10.9. The molecule has 8 heteroatoms. The van der Waals surface area contributed by atoms with Crippen molar-refractivity contribution in [2.24, 2.45) is 0 Å². The number of sulfonamides is 1. The molecule has 3 aromatic rings. The molecule has 0 aromatic heterocycles. The molecule has 156 valence electrons. The van der Waals surface area contributed by atoms with E-state index in [2.05, 4.69) is 15.4 Å². The van der Waals surface area contributed by atoms with Crippen molar-refractivity contribution in [1.29, 1.82) is 0 Å². The number of hydrogen-bond acceptors (Lipinski definition) is 4. The van der Waals surface area contributed by atoms with E-state index < -0.39 is 10.0 Å². The number of aryl methyl sites for hydroxylation is 1. The Morgan fingerprint density at radius 3 is 2.43 bits per heavy atom. The highest BCUT2D eigenvalue weighted by molar-refractivity contribution is 7.92. The Labute approximate surface area is 182 Å². The molecule has 6 nitrogen and oxygen atoms in total. The summed E-state index contributed by atoms with van der Waals surface area (Å²) in [6.45, 7) is 2.31. The van der Waals surface area contributed by atoms with E-state index in [0.29, 0.717) is 34.3 Å². The smallest absolute Gasteiger partial charge is 0.262 e. The lowest BCUT2D eigenvalue weighted by atomic mass is 10.2. The molecular weight excluding hydrogens is 418 g/mol. The van der Waals surface area contributed by atoms with Gasteiger partial charge in [0.25, 0.3) is 10.0 Å². The van der Waals surface area contributed by atoms with Gasteiger partial charge in [0.05, 0.1) is 17.7 Å². The molecule has 0 aliphatic heterocycles. The van der Waals surface area contributed by atoms with Gasteiger partial charge in [-0.2, -0.15) is 0 Å². The summed E-state index contributed by atoms with van der Waals surface area (Å²) in [5, 5.41) is 6.56. The molecule has 0 aliphatic carbocycles. The molecule has 0 atom stereocenters. The number of methoxy groups -OCH3 is 1. The van der Waals surface area contributed by atoms with Crippen LogP contribution in [0.25, 0.3) is 0 Å². The van der Waals surface area contributed by atoms with Gasteiger partial charge in [-0.15, -0.1) is 0 Å². The summed E-state index contributed by atoms with van der Waals surface area (Å²) in [6.07, 6.45) is 0.